The molecule has 120 valence electrons. The molecule has 1 aliphatic heterocycles. The first-order valence-corrected chi connectivity index (χ1v) is 8.15. The molecular formula is C17H25N3O2. The van der Waals surface area contributed by atoms with Gasteiger partial charge < -0.3 is 15.0 Å². The number of nitrogens with zero attached hydrogens (tertiary/aromatic N) is 2. The molecule has 1 aromatic rings. The molecule has 1 N–H and O–H groups in total. The third-order valence-electron chi connectivity index (χ3n) is 4.00. The van der Waals surface area contributed by atoms with Gasteiger partial charge in [0.1, 0.15) is 11.4 Å². The molecule has 1 amide bonds. The standard InChI is InChI=1S/C17H25N3O2/c1-17(2,3)22-16(21)20-11-5-7-14(20)13-6-4-10-18-15(13)19-12-8-9-12/h4,6,10,12,14H,5,7-9,11H2,1-3H3,(H,18,19)/t14-/m1/s1. The number of ether oxygens (including phenoxy) is 1. The summed E-state index contributed by atoms with van der Waals surface area (Å²) in [5.41, 5.74) is 0.645. The van der Waals surface area contributed by atoms with Crippen LogP contribution in [0.15, 0.2) is 18.3 Å². The van der Waals surface area contributed by atoms with Crippen LogP contribution in [0.2, 0.25) is 0 Å². The van der Waals surface area contributed by atoms with E-state index in [1.165, 1.54) is 12.8 Å². The van der Waals surface area contributed by atoms with Crippen molar-refractivity contribution in [2.75, 3.05) is 11.9 Å². The first kappa shape index (κ1) is 15.1. The average molecular weight is 303 g/mol. The van der Waals surface area contributed by atoms with E-state index in [0.29, 0.717) is 6.04 Å². The van der Waals surface area contributed by atoms with Gasteiger partial charge in [0.25, 0.3) is 0 Å². The molecule has 2 heterocycles. The predicted octanol–water partition coefficient (Wildman–Crippen LogP) is 3.73. The lowest BCUT2D eigenvalue weighted by atomic mass is 10.1. The number of anilines is 1. The van der Waals surface area contributed by atoms with Crippen LogP contribution in [0.5, 0.6) is 0 Å². The van der Waals surface area contributed by atoms with Crippen molar-refractivity contribution < 1.29 is 9.53 Å². The molecule has 0 aromatic carbocycles. The number of hydrogen-bond donors (Lipinski definition) is 1. The van der Waals surface area contributed by atoms with Crippen LogP contribution in [0.25, 0.3) is 0 Å². The molecule has 2 aliphatic rings. The van der Waals surface area contributed by atoms with Crippen molar-refractivity contribution in [1.82, 2.24) is 9.88 Å². The molecule has 0 spiro atoms. The molecule has 1 aliphatic carbocycles. The van der Waals surface area contributed by atoms with Gasteiger partial charge in [0.2, 0.25) is 0 Å². The largest absolute Gasteiger partial charge is 0.444 e. The maximum atomic E-state index is 12.5. The Morgan fingerprint density at radius 1 is 1.36 bits per heavy atom. The highest BCUT2D eigenvalue weighted by Crippen LogP contribution is 2.37. The minimum Gasteiger partial charge on any atom is -0.444 e. The number of amides is 1. The Morgan fingerprint density at radius 2 is 2.14 bits per heavy atom. The van der Waals surface area contributed by atoms with E-state index in [9.17, 15) is 4.79 Å². The number of likely N-dealkylation sites (tertiary alicyclic amines) is 1. The second-order valence-electron chi connectivity index (χ2n) is 7.19. The Morgan fingerprint density at radius 3 is 2.82 bits per heavy atom. The van der Waals surface area contributed by atoms with Crippen LogP contribution in [0.4, 0.5) is 10.6 Å². The van der Waals surface area contributed by atoms with Crippen molar-refractivity contribution in [3.05, 3.63) is 23.9 Å². The monoisotopic (exact) mass is 303 g/mol. The zero-order valence-corrected chi connectivity index (χ0v) is 13.6. The Kier molecular flexibility index (Phi) is 3.98. The molecule has 5 nitrogen and oxygen atoms in total. The van der Waals surface area contributed by atoms with Crippen LogP contribution in [0.3, 0.4) is 0 Å². The number of nitrogens with one attached hydrogen (secondary N) is 1. The lowest BCUT2D eigenvalue weighted by molar-refractivity contribution is 0.0225. The van der Waals surface area contributed by atoms with E-state index in [1.54, 1.807) is 6.20 Å². The van der Waals surface area contributed by atoms with Gasteiger partial charge in [-0.15, -0.1) is 0 Å². The number of hydrogen-bond acceptors (Lipinski definition) is 4. The first-order chi connectivity index (χ1) is 10.4. The fourth-order valence-corrected chi connectivity index (χ4v) is 2.86. The Hall–Kier alpha value is -1.78. The van der Waals surface area contributed by atoms with Gasteiger partial charge in [-0.3, -0.25) is 0 Å². The fraction of sp³-hybridized carbons (Fsp3) is 0.647. The predicted molar refractivity (Wildman–Crippen MR) is 85.8 cm³/mol. The van der Waals surface area contributed by atoms with Crippen molar-refractivity contribution in [3.8, 4) is 0 Å². The van der Waals surface area contributed by atoms with Gasteiger partial charge in [0, 0.05) is 24.3 Å². The van der Waals surface area contributed by atoms with Gasteiger partial charge in [0.05, 0.1) is 6.04 Å². The summed E-state index contributed by atoms with van der Waals surface area (Å²) < 4.78 is 5.55. The van der Waals surface area contributed by atoms with Gasteiger partial charge in [0.15, 0.2) is 0 Å². The smallest absolute Gasteiger partial charge is 0.410 e. The van der Waals surface area contributed by atoms with Crippen LogP contribution in [0.1, 0.15) is 58.1 Å². The van der Waals surface area contributed by atoms with Gasteiger partial charge >= 0.3 is 6.09 Å². The highest BCUT2D eigenvalue weighted by atomic mass is 16.6. The minimum atomic E-state index is -0.464. The normalized spacial score (nSPS) is 21.8. The summed E-state index contributed by atoms with van der Waals surface area (Å²) in [5.74, 6) is 0.922. The Bertz CT molecular complexity index is 549. The lowest BCUT2D eigenvalue weighted by Gasteiger charge is -2.29. The van der Waals surface area contributed by atoms with Crippen molar-refractivity contribution >= 4 is 11.9 Å². The quantitative estimate of drug-likeness (QED) is 0.924. The summed E-state index contributed by atoms with van der Waals surface area (Å²) in [5, 5.41) is 3.48. The summed E-state index contributed by atoms with van der Waals surface area (Å²) in [6.45, 7) is 6.46. The summed E-state index contributed by atoms with van der Waals surface area (Å²) in [6.07, 6.45) is 5.95. The lowest BCUT2D eigenvalue weighted by Crippen LogP contribution is -2.36. The van der Waals surface area contributed by atoms with E-state index in [1.807, 2.05) is 31.7 Å². The molecule has 22 heavy (non-hydrogen) atoms. The summed E-state index contributed by atoms with van der Waals surface area (Å²) in [4.78, 5) is 18.8. The average Bonchev–Trinajstić information content (AvgIpc) is 3.11. The summed E-state index contributed by atoms with van der Waals surface area (Å²) in [6, 6.07) is 4.62. The first-order valence-electron chi connectivity index (χ1n) is 8.15. The summed E-state index contributed by atoms with van der Waals surface area (Å²) >= 11 is 0. The molecule has 2 fully saturated rings. The zero-order chi connectivity index (χ0) is 15.7. The highest BCUT2D eigenvalue weighted by Gasteiger charge is 2.35. The molecule has 0 unspecified atom stereocenters. The molecular weight excluding hydrogens is 278 g/mol. The third-order valence-corrected chi connectivity index (χ3v) is 4.00. The molecule has 1 aromatic heterocycles. The van der Waals surface area contributed by atoms with E-state index >= 15 is 0 Å². The minimum absolute atomic E-state index is 0.0600. The molecule has 1 atom stereocenters. The number of rotatable bonds is 3. The van der Waals surface area contributed by atoms with Gasteiger partial charge in [-0.1, -0.05) is 6.07 Å². The van der Waals surface area contributed by atoms with E-state index in [4.69, 9.17) is 4.74 Å². The zero-order valence-electron chi connectivity index (χ0n) is 13.6. The number of aromatic nitrogens is 1. The van der Waals surface area contributed by atoms with Crippen molar-refractivity contribution in [3.63, 3.8) is 0 Å². The number of pyridine rings is 1. The van der Waals surface area contributed by atoms with E-state index < -0.39 is 5.60 Å². The maximum Gasteiger partial charge on any atom is 0.410 e. The molecule has 3 rings (SSSR count). The Labute approximate surface area is 132 Å². The van der Waals surface area contributed by atoms with Crippen molar-refractivity contribution in [2.45, 2.75) is 64.1 Å². The topological polar surface area (TPSA) is 54.5 Å². The van der Waals surface area contributed by atoms with E-state index in [0.717, 1.165) is 30.8 Å². The third kappa shape index (κ3) is 3.51. The van der Waals surface area contributed by atoms with Crippen molar-refractivity contribution in [1.29, 1.82) is 0 Å². The van der Waals surface area contributed by atoms with Gasteiger partial charge in [-0.05, 0) is 52.5 Å². The molecule has 1 saturated heterocycles. The second kappa shape index (κ2) is 5.78. The summed E-state index contributed by atoms with van der Waals surface area (Å²) in [7, 11) is 0. The van der Waals surface area contributed by atoms with E-state index in [2.05, 4.69) is 16.4 Å². The van der Waals surface area contributed by atoms with Crippen LogP contribution in [-0.4, -0.2) is 34.2 Å². The SMILES string of the molecule is CC(C)(C)OC(=O)N1CCC[C@@H]1c1cccnc1NC1CC1. The number of carbonyl (C=O) groups excluding carboxylic acids is 1. The molecule has 0 radical (unpaired) electrons. The van der Waals surface area contributed by atoms with Crippen LogP contribution in [-0.2, 0) is 4.74 Å². The van der Waals surface area contributed by atoms with Gasteiger partial charge in [-0.2, -0.15) is 0 Å². The van der Waals surface area contributed by atoms with Crippen molar-refractivity contribution in [2.24, 2.45) is 0 Å². The molecule has 1 saturated carbocycles. The molecule has 5 heteroatoms. The highest BCUT2D eigenvalue weighted by molar-refractivity contribution is 5.70. The van der Waals surface area contributed by atoms with Crippen LogP contribution < -0.4 is 5.32 Å². The van der Waals surface area contributed by atoms with Crippen LogP contribution >= 0.6 is 0 Å². The van der Waals surface area contributed by atoms with Crippen LogP contribution in [0, 0.1) is 0 Å². The second-order valence-corrected chi connectivity index (χ2v) is 7.19. The van der Waals surface area contributed by atoms with Gasteiger partial charge in [-0.25, -0.2) is 9.78 Å². The fourth-order valence-electron chi connectivity index (χ4n) is 2.86. The van der Waals surface area contributed by atoms with E-state index in [-0.39, 0.29) is 12.1 Å². The maximum absolute atomic E-state index is 12.5. The Balaban J connectivity index is 1.79. The number of carbonyl (C=O) groups is 1. The molecule has 0 bridgehead atoms.